The maximum atomic E-state index is 5.77. The number of anilines is 1. The Morgan fingerprint density at radius 1 is 0.864 bits per heavy atom. The van der Waals surface area contributed by atoms with Crippen molar-refractivity contribution in [2.24, 2.45) is 0 Å². The van der Waals surface area contributed by atoms with Gasteiger partial charge in [0.2, 0.25) is 5.95 Å². The summed E-state index contributed by atoms with van der Waals surface area (Å²) in [4.78, 5) is 4.23. The van der Waals surface area contributed by atoms with E-state index in [1.807, 2.05) is 30.3 Å². The van der Waals surface area contributed by atoms with E-state index in [1.165, 1.54) is 0 Å². The number of ether oxygens (including phenoxy) is 2. The van der Waals surface area contributed by atoms with Gasteiger partial charge in [-0.2, -0.15) is 0 Å². The molecule has 0 aliphatic carbocycles. The number of rotatable bonds is 4. The molecule has 0 radical (unpaired) electrons. The van der Waals surface area contributed by atoms with Crippen LogP contribution in [0.4, 0.5) is 5.95 Å². The molecule has 1 heterocycles. The summed E-state index contributed by atoms with van der Waals surface area (Å²) in [5, 5.41) is 7.76. The van der Waals surface area contributed by atoms with Crippen LogP contribution in [0.1, 0.15) is 0 Å². The Balaban J connectivity index is 1.96. The van der Waals surface area contributed by atoms with Crippen LogP contribution in [0.5, 0.6) is 17.4 Å². The minimum Gasteiger partial charge on any atom is -0.497 e. The van der Waals surface area contributed by atoms with Crippen molar-refractivity contribution in [1.82, 2.24) is 15.2 Å². The third-order valence-corrected chi connectivity index (χ3v) is 2.99. The molecule has 110 valence electrons. The summed E-state index contributed by atoms with van der Waals surface area (Å²) in [6, 6.07) is 16.7. The number of methoxy groups -OCH3 is 1. The number of hydrogen-bond acceptors (Lipinski definition) is 6. The summed E-state index contributed by atoms with van der Waals surface area (Å²) < 4.78 is 10.9. The van der Waals surface area contributed by atoms with Gasteiger partial charge >= 0.3 is 0 Å². The van der Waals surface area contributed by atoms with Crippen LogP contribution in [0, 0.1) is 0 Å². The second kappa shape index (κ2) is 6.09. The van der Waals surface area contributed by atoms with Crippen LogP contribution < -0.4 is 15.2 Å². The van der Waals surface area contributed by atoms with Crippen LogP contribution in [-0.4, -0.2) is 22.3 Å². The zero-order valence-electron chi connectivity index (χ0n) is 11.9. The number of nitrogen functional groups attached to an aromatic ring is 1. The molecule has 0 atom stereocenters. The molecule has 0 saturated carbocycles. The first-order valence-corrected chi connectivity index (χ1v) is 6.64. The van der Waals surface area contributed by atoms with Crippen molar-refractivity contribution in [2.75, 3.05) is 12.8 Å². The number of aromatic nitrogens is 3. The van der Waals surface area contributed by atoms with Gasteiger partial charge in [0, 0.05) is 5.56 Å². The van der Waals surface area contributed by atoms with E-state index in [0.717, 1.165) is 11.3 Å². The van der Waals surface area contributed by atoms with Gasteiger partial charge in [0.1, 0.15) is 17.2 Å². The topological polar surface area (TPSA) is 83.2 Å². The van der Waals surface area contributed by atoms with Crippen molar-refractivity contribution in [3.05, 3.63) is 54.6 Å². The van der Waals surface area contributed by atoms with E-state index in [4.69, 9.17) is 15.2 Å². The maximum Gasteiger partial charge on any atom is 0.265 e. The Morgan fingerprint density at radius 2 is 1.55 bits per heavy atom. The fourth-order valence-corrected chi connectivity index (χ4v) is 1.94. The van der Waals surface area contributed by atoms with E-state index in [9.17, 15) is 0 Å². The molecule has 1 aromatic heterocycles. The second-order valence-electron chi connectivity index (χ2n) is 4.47. The first-order chi connectivity index (χ1) is 10.8. The van der Waals surface area contributed by atoms with Gasteiger partial charge in [-0.1, -0.05) is 30.3 Å². The van der Waals surface area contributed by atoms with Gasteiger partial charge in [0.25, 0.3) is 5.88 Å². The molecule has 2 N–H and O–H groups in total. The normalized spacial score (nSPS) is 10.2. The summed E-state index contributed by atoms with van der Waals surface area (Å²) in [7, 11) is 1.61. The van der Waals surface area contributed by atoms with Crippen LogP contribution in [0.25, 0.3) is 11.3 Å². The highest BCUT2D eigenvalue weighted by atomic mass is 16.5. The smallest absolute Gasteiger partial charge is 0.265 e. The highest BCUT2D eigenvalue weighted by molar-refractivity contribution is 5.65. The van der Waals surface area contributed by atoms with Gasteiger partial charge in [-0.05, 0) is 24.3 Å². The highest BCUT2D eigenvalue weighted by Gasteiger charge is 2.12. The molecule has 0 saturated heterocycles. The third-order valence-electron chi connectivity index (χ3n) is 2.99. The SMILES string of the molecule is COc1ccc(Oc2nnc(N)nc2-c2ccccc2)cc1. The Labute approximate surface area is 127 Å². The van der Waals surface area contributed by atoms with Gasteiger partial charge in [-0.25, -0.2) is 4.98 Å². The summed E-state index contributed by atoms with van der Waals surface area (Å²) in [5.41, 5.74) is 7.04. The van der Waals surface area contributed by atoms with E-state index in [0.29, 0.717) is 17.3 Å². The molecule has 0 fully saturated rings. The van der Waals surface area contributed by atoms with Crippen LogP contribution in [-0.2, 0) is 0 Å². The minimum atomic E-state index is 0.0981. The lowest BCUT2D eigenvalue weighted by molar-refractivity contribution is 0.411. The van der Waals surface area contributed by atoms with Crippen molar-refractivity contribution in [1.29, 1.82) is 0 Å². The van der Waals surface area contributed by atoms with Crippen molar-refractivity contribution in [3.8, 4) is 28.6 Å². The lowest BCUT2D eigenvalue weighted by atomic mass is 10.1. The quantitative estimate of drug-likeness (QED) is 0.796. The Morgan fingerprint density at radius 3 is 2.23 bits per heavy atom. The monoisotopic (exact) mass is 294 g/mol. The molecule has 0 bridgehead atoms. The van der Waals surface area contributed by atoms with E-state index in [-0.39, 0.29) is 5.95 Å². The lowest BCUT2D eigenvalue weighted by Gasteiger charge is -2.09. The molecule has 0 spiro atoms. The molecule has 6 heteroatoms. The van der Waals surface area contributed by atoms with Crippen LogP contribution in [0.15, 0.2) is 54.6 Å². The molecule has 3 rings (SSSR count). The zero-order chi connectivity index (χ0) is 15.4. The molecule has 22 heavy (non-hydrogen) atoms. The number of nitrogens with two attached hydrogens (primary N) is 1. The zero-order valence-corrected chi connectivity index (χ0v) is 11.9. The van der Waals surface area contributed by atoms with Crippen molar-refractivity contribution in [2.45, 2.75) is 0 Å². The van der Waals surface area contributed by atoms with Gasteiger partial charge in [0.15, 0.2) is 0 Å². The summed E-state index contributed by atoms with van der Waals surface area (Å²) in [5.74, 6) is 1.75. The molecule has 0 unspecified atom stereocenters. The predicted octanol–water partition coefficient (Wildman–Crippen LogP) is 2.92. The second-order valence-corrected chi connectivity index (χ2v) is 4.47. The molecule has 2 aromatic carbocycles. The third kappa shape index (κ3) is 2.95. The molecule has 3 aromatic rings. The number of benzene rings is 2. The van der Waals surface area contributed by atoms with Crippen molar-refractivity contribution < 1.29 is 9.47 Å². The number of hydrogen-bond donors (Lipinski definition) is 1. The Kier molecular flexibility index (Phi) is 3.82. The van der Waals surface area contributed by atoms with Gasteiger partial charge < -0.3 is 15.2 Å². The molecule has 0 amide bonds. The Bertz CT molecular complexity index is 761. The fourth-order valence-electron chi connectivity index (χ4n) is 1.94. The average molecular weight is 294 g/mol. The minimum absolute atomic E-state index is 0.0981. The fraction of sp³-hybridized carbons (Fsp3) is 0.0625. The lowest BCUT2D eigenvalue weighted by Crippen LogP contribution is -2.02. The van der Waals surface area contributed by atoms with Crippen molar-refractivity contribution in [3.63, 3.8) is 0 Å². The summed E-state index contributed by atoms with van der Waals surface area (Å²) >= 11 is 0. The first-order valence-electron chi connectivity index (χ1n) is 6.64. The maximum absolute atomic E-state index is 5.77. The number of nitrogens with zero attached hydrogens (tertiary/aromatic N) is 3. The van der Waals surface area contributed by atoms with Crippen molar-refractivity contribution >= 4 is 5.95 Å². The molecular weight excluding hydrogens is 280 g/mol. The summed E-state index contributed by atoms with van der Waals surface area (Å²) in [6.07, 6.45) is 0. The predicted molar refractivity (Wildman–Crippen MR) is 82.7 cm³/mol. The first kappa shape index (κ1) is 13.8. The van der Waals surface area contributed by atoms with Crippen LogP contribution >= 0.6 is 0 Å². The molecule has 0 aliphatic rings. The summed E-state index contributed by atoms with van der Waals surface area (Å²) in [6.45, 7) is 0. The van der Waals surface area contributed by atoms with Gasteiger partial charge in [-0.3, -0.25) is 0 Å². The average Bonchev–Trinajstić information content (AvgIpc) is 2.58. The standard InChI is InChI=1S/C16H14N4O2/c1-21-12-7-9-13(10-8-12)22-15-14(18-16(17)20-19-15)11-5-3-2-4-6-11/h2-10H,1H3,(H2,17,18,20). The van der Waals surface area contributed by atoms with Gasteiger partial charge in [-0.15, -0.1) is 10.2 Å². The van der Waals surface area contributed by atoms with Gasteiger partial charge in [0.05, 0.1) is 7.11 Å². The molecule has 6 nitrogen and oxygen atoms in total. The molecular formula is C16H14N4O2. The van der Waals surface area contributed by atoms with E-state index in [1.54, 1.807) is 31.4 Å². The van der Waals surface area contributed by atoms with E-state index < -0.39 is 0 Å². The van der Waals surface area contributed by atoms with Crippen LogP contribution in [0.3, 0.4) is 0 Å². The van der Waals surface area contributed by atoms with E-state index >= 15 is 0 Å². The van der Waals surface area contributed by atoms with Crippen LogP contribution in [0.2, 0.25) is 0 Å². The molecule has 0 aliphatic heterocycles. The highest BCUT2D eigenvalue weighted by Crippen LogP contribution is 2.30. The largest absolute Gasteiger partial charge is 0.497 e. The van der Waals surface area contributed by atoms with E-state index in [2.05, 4.69) is 15.2 Å². The Hall–Kier alpha value is -3.15.